The van der Waals surface area contributed by atoms with Crippen LogP contribution >= 0.6 is 12.4 Å². The van der Waals surface area contributed by atoms with Crippen molar-refractivity contribution in [3.63, 3.8) is 0 Å². The number of nitrogens with one attached hydrogen (secondary N) is 1. The molecule has 0 bridgehead atoms. The minimum absolute atomic E-state index is 0. The average molecular weight is 349 g/mol. The summed E-state index contributed by atoms with van der Waals surface area (Å²) in [6.45, 7) is 5.72. The van der Waals surface area contributed by atoms with E-state index in [9.17, 15) is 4.79 Å². The minimum atomic E-state index is 0. The highest BCUT2D eigenvalue weighted by Gasteiger charge is 2.28. The average Bonchev–Trinajstić information content (AvgIpc) is 3.13. The van der Waals surface area contributed by atoms with Gasteiger partial charge >= 0.3 is 0 Å². The third kappa shape index (κ3) is 3.62. The van der Waals surface area contributed by atoms with E-state index in [-0.39, 0.29) is 18.3 Å². The molecule has 24 heavy (non-hydrogen) atoms. The Labute approximate surface area is 149 Å². The number of carbonyl (C=O) groups excluding carboxylic acids is 1. The predicted octanol–water partition coefficient (Wildman–Crippen LogP) is 2.73. The van der Waals surface area contributed by atoms with E-state index >= 15 is 0 Å². The topological polar surface area (TPSA) is 50.2 Å². The Morgan fingerprint density at radius 2 is 2.00 bits per heavy atom. The molecule has 0 aliphatic carbocycles. The van der Waals surface area contributed by atoms with Crippen molar-refractivity contribution >= 4 is 18.3 Å². The van der Waals surface area contributed by atoms with Crippen molar-refractivity contribution in [1.29, 1.82) is 0 Å². The summed E-state index contributed by atoms with van der Waals surface area (Å²) >= 11 is 0. The van der Waals surface area contributed by atoms with Crippen molar-refractivity contribution in [3.05, 3.63) is 47.3 Å². The van der Waals surface area contributed by atoms with Crippen LogP contribution < -0.4 is 5.32 Å². The molecule has 1 unspecified atom stereocenters. The maximum atomic E-state index is 12.7. The molecule has 1 atom stereocenters. The molecule has 6 heteroatoms. The van der Waals surface area contributed by atoms with Crippen LogP contribution in [-0.4, -0.2) is 46.8 Å². The molecular formula is C18H25ClN4O. The third-order valence-corrected chi connectivity index (χ3v) is 4.45. The summed E-state index contributed by atoms with van der Waals surface area (Å²) in [5.74, 6) is 0.127. The Kier molecular flexibility index (Phi) is 6.02. The van der Waals surface area contributed by atoms with E-state index in [1.165, 1.54) is 0 Å². The van der Waals surface area contributed by atoms with Gasteiger partial charge in [-0.05, 0) is 64.1 Å². The quantitative estimate of drug-likeness (QED) is 0.924. The maximum absolute atomic E-state index is 12.7. The van der Waals surface area contributed by atoms with Crippen LogP contribution in [0.1, 0.15) is 34.6 Å². The molecule has 5 nitrogen and oxygen atoms in total. The molecule has 1 fully saturated rings. The summed E-state index contributed by atoms with van der Waals surface area (Å²) in [5, 5.41) is 7.66. The largest absolute Gasteiger partial charge is 0.334 e. The van der Waals surface area contributed by atoms with Gasteiger partial charge in [0.05, 0.1) is 11.4 Å². The molecule has 130 valence electrons. The van der Waals surface area contributed by atoms with Gasteiger partial charge in [0.2, 0.25) is 0 Å². The number of nitrogens with zero attached hydrogens (tertiary/aromatic N) is 3. The molecule has 1 saturated heterocycles. The molecule has 1 aromatic heterocycles. The van der Waals surface area contributed by atoms with Crippen LogP contribution in [0.5, 0.6) is 0 Å². The number of aryl methyl sites for hydroxylation is 2. The molecule has 2 heterocycles. The van der Waals surface area contributed by atoms with Crippen molar-refractivity contribution in [2.24, 2.45) is 0 Å². The Balaban J connectivity index is 0.00000208. The van der Waals surface area contributed by atoms with Gasteiger partial charge in [0.15, 0.2) is 0 Å². The van der Waals surface area contributed by atoms with Gasteiger partial charge in [-0.15, -0.1) is 12.4 Å². The van der Waals surface area contributed by atoms with Crippen LogP contribution in [0.3, 0.4) is 0 Å². The van der Waals surface area contributed by atoms with Gasteiger partial charge in [-0.25, -0.2) is 4.68 Å². The van der Waals surface area contributed by atoms with Crippen LogP contribution in [0, 0.1) is 13.8 Å². The van der Waals surface area contributed by atoms with Crippen LogP contribution in [0.15, 0.2) is 30.3 Å². The monoisotopic (exact) mass is 348 g/mol. The van der Waals surface area contributed by atoms with E-state index in [0.717, 1.165) is 48.6 Å². The Bertz CT molecular complexity index is 696. The van der Waals surface area contributed by atoms with Crippen LogP contribution in [0.4, 0.5) is 0 Å². The minimum Gasteiger partial charge on any atom is -0.334 e. The van der Waals surface area contributed by atoms with Gasteiger partial charge < -0.3 is 10.2 Å². The summed E-state index contributed by atoms with van der Waals surface area (Å²) in [5.41, 5.74) is 3.82. The van der Waals surface area contributed by atoms with Gasteiger partial charge in [0.25, 0.3) is 5.91 Å². The highest BCUT2D eigenvalue weighted by atomic mass is 35.5. The number of hydrogen-bond acceptors (Lipinski definition) is 3. The highest BCUT2D eigenvalue weighted by molar-refractivity contribution is 5.94. The van der Waals surface area contributed by atoms with Crippen molar-refractivity contribution in [2.45, 2.75) is 32.7 Å². The first-order chi connectivity index (χ1) is 11.1. The Morgan fingerprint density at radius 3 is 2.58 bits per heavy atom. The zero-order valence-corrected chi connectivity index (χ0v) is 15.3. The maximum Gasteiger partial charge on any atom is 0.254 e. The van der Waals surface area contributed by atoms with Crippen molar-refractivity contribution in [1.82, 2.24) is 20.0 Å². The molecule has 1 aliphatic rings. The van der Waals surface area contributed by atoms with E-state index in [1.807, 2.05) is 60.8 Å². The van der Waals surface area contributed by atoms with E-state index in [1.54, 1.807) is 0 Å². The van der Waals surface area contributed by atoms with Gasteiger partial charge in [-0.3, -0.25) is 4.79 Å². The number of likely N-dealkylation sites (N-methyl/N-ethyl adjacent to an activating group) is 1. The SMILES string of the molecule is CNCC1CCCN1C(=O)c1ccc(-n2nc(C)cc2C)cc1.Cl. The zero-order valence-electron chi connectivity index (χ0n) is 14.5. The highest BCUT2D eigenvalue weighted by Crippen LogP contribution is 2.21. The van der Waals surface area contributed by atoms with Crippen LogP contribution in [0.25, 0.3) is 5.69 Å². The molecule has 0 spiro atoms. The molecule has 1 aliphatic heterocycles. The van der Waals surface area contributed by atoms with E-state index in [0.29, 0.717) is 6.04 Å². The van der Waals surface area contributed by atoms with Crippen LogP contribution in [0.2, 0.25) is 0 Å². The normalized spacial score (nSPS) is 17.0. The second-order valence-corrected chi connectivity index (χ2v) is 6.24. The second-order valence-electron chi connectivity index (χ2n) is 6.24. The van der Waals surface area contributed by atoms with Gasteiger partial charge in [-0.2, -0.15) is 5.10 Å². The summed E-state index contributed by atoms with van der Waals surface area (Å²) in [6.07, 6.45) is 2.17. The summed E-state index contributed by atoms with van der Waals surface area (Å²) in [7, 11) is 1.93. The number of halogens is 1. The van der Waals surface area contributed by atoms with Crippen molar-refractivity contribution in [2.75, 3.05) is 20.1 Å². The molecule has 1 amide bonds. The molecule has 0 radical (unpaired) electrons. The van der Waals surface area contributed by atoms with Gasteiger partial charge in [0, 0.05) is 30.4 Å². The lowest BCUT2D eigenvalue weighted by molar-refractivity contribution is 0.0737. The fourth-order valence-electron chi connectivity index (χ4n) is 3.35. The number of amides is 1. The molecule has 2 aromatic rings. The van der Waals surface area contributed by atoms with E-state index < -0.39 is 0 Å². The smallest absolute Gasteiger partial charge is 0.254 e. The zero-order chi connectivity index (χ0) is 16.4. The first-order valence-electron chi connectivity index (χ1n) is 8.19. The number of carbonyl (C=O) groups is 1. The van der Waals surface area contributed by atoms with Crippen molar-refractivity contribution in [3.8, 4) is 5.69 Å². The van der Waals surface area contributed by atoms with Gasteiger partial charge in [0.1, 0.15) is 0 Å². The summed E-state index contributed by atoms with van der Waals surface area (Å²) < 4.78 is 1.91. The predicted molar refractivity (Wildman–Crippen MR) is 98.3 cm³/mol. The second kappa shape index (κ2) is 7.81. The molecule has 3 rings (SSSR count). The fourth-order valence-corrected chi connectivity index (χ4v) is 3.35. The molecular weight excluding hydrogens is 324 g/mol. The Morgan fingerprint density at radius 1 is 1.29 bits per heavy atom. The number of aromatic nitrogens is 2. The third-order valence-electron chi connectivity index (χ3n) is 4.45. The van der Waals surface area contributed by atoms with E-state index in [2.05, 4.69) is 10.4 Å². The number of likely N-dealkylation sites (tertiary alicyclic amines) is 1. The fraction of sp³-hybridized carbons (Fsp3) is 0.444. The lowest BCUT2D eigenvalue weighted by atomic mass is 10.1. The first-order valence-corrected chi connectivity index (χ1v) is 8.19. The van der Waals surface area contributed by atoms with E-state index in [4.69, 9.17) is 0 Å². The molecule has 0 saturated carbocycles. The number of rotatable bonds is 4. The van der Waals surface area contributed by atoms with Crippen LogP contribution in [-0.2, 0) is 0 Å². The number of benzene rings is 1. The Hall–Kier alpha value is -1.85. The lowest BCUT2D eigenvalue weighted by Crippen LogP contribution is -2.40. The summed E-state index contributed by atoms with van der Waals surface area (Å²) in [4.78, 5) is 14.7. The van der Waals surface area contributed by atoms with Gasteiger partial charge in [-0.1, -0.05) is 0 Å². The first kappa shape index (κ1) is 18.5. The summed E-state index contributed by atoms with van der Waals surface area (Å²) in [6, 6.07) is 10.1. The molecule has 1 N–H and O–H groups in total. The lowest BCUT2D eigenvalue weighted by Gasteiger charge is -2.24. The van der Waals surface area contributed by atoms with Crippen molar-refractivity contribution < 1.29 is 4.79 Å². The standard InChI is InChI=1S/C18H24N4O.ClH/c1-13-11-14(2)22(20-13)16-8-6-15(7-9-16)18(23)21-10-4-5-17(21)12-19-3;/h6-9,11,17,19H,4-5,10,12H2,1-3H3;1H. The molecule has 1 aromatic carbocycles. The number of hydrogen-bond donors (Lipinski definition) is 1.